The summed E-state index contributed by atoms with van der Waals surface area (Å²) in [6.07, 6.45) is 2.36. The lowest BCUT2D eigenvalue weighted by molar-refractivity contribution is -0.142. The minimum Gasteiger partial charge on any atom is -0.289 e. The van der Waals surface area contributed by atoms with E-state index < -0.39 is 21.3 Å². The third kappa shape index (κ3) is 4.37. The Morgan fingerprint density at radius 3 is 2.11 bits per heavy atom. The zero-order valence-corrected chi connectivity index (χ0v) is 16.1. The third-order valence-electron chi connectivity index (χ3n) is 5.34. The van der Waals surface area contributed by atoms with Crippen LogP contribution in [0.2, 0.25) is 0 Å². The molecule has 1 aliphatic rings. The van der Waals surface area contributed by atoms with Gasteiger partial charge in [-0.3, -0.25) is 10.0 Å². The maximum atomic E-state index is 12.4. The molecular formula is C20H24N2O4S. The number of hydroxylamine groups is 1. The molecule has 3 rings (SSSR count). The molecule has 2 N–H and O–H groups in total. The molecule has 1 amide bonds. The van der Waals surface area contributed by atoms with Gasteiger partial charge < -0.3 is 0 Å². The normalized spacial score (nSPS) is 17.4. The van der Waals surface area contributed by atoms with Gasteiger partial charge in [0.15, 0.2) is 0 Å². The molecule has 1 saturated heterocycles. The van der Waals surface area contributed by atoms with Crippen molar-refractivity contribution in [3.63, 3.8) is 0 Å². The third-order valence-corrected chi connectivity index (χ3v) is 6.64. The van der Waals surface area contributed by atoms with Gasteiger partial charge in [0.2, 0.25) is 15.9 Å². The van der Waals surface area contributed by atoms with E-state index in [1.807, 2.05) is 54.6 Å². The van der Waals surface area contributed by atoms with Crippen LogP contribution in [0.3, 0.4) is 0 Å². The molecule has 0 unspecified atom stereocenters. The van der Waals surface area contributed by atoms with E-state index in [1.165, 1.54) is 10.6 Å². The second-order valence-corrected chi connectivity index (χ2v) is 9.11. The van der Waals surface area contributed by atoms with Crippen molar-refractivity contribution < 1.29 is 18.4 Å². The van der Waals surface area contributed by atoms with Gasteiger partial charge in [0.25, 0.3) is 0 Å². The fraction of sp³-hybridized carbons (Fsp3) is 0.350. The van der Waals surface area contributed by atoms with Crippen LogP contribution in [0.15, 0.2) is 54.6 Å². The molecule has 0 radical (unpaired) electrons. The van der Waals surface area contributed by atoms with Crippen molar-refractivity contribution in [3.05, 3.63) is 60.2 Å². The highest BCUT2D eigenvalue weighted by Crippen LogP contribution is 2.36. The lowest BCUT2D eigenvalue weighted by Crippen LogP contribution is -2.50. The molecule has 1 fully saturated rings. The molecule has 7 heteroatoms. The second kappa shape index (κ2) is 7.80. The van der Waals surface area contributed by atoms with Crippen molar-refractivity contribution in [1.29, 1.82) is 0 Å². The summed E-state index contributed by atoms with van der Waals surface area (Å²) in [4.78, 5) is 12.4. The van der Waals surface area contributed by atoms with Crippen molar-refractivity contribution >= 4 is 15.9 Å². The molecule has 0 bridgehead atoms. The minimum absolute atomic E-state index is 0.272. The van der Waals surface area contributed by atoms with E-state index in [9.17, 15) is 18.4 Å². The Kier molecular flexibility index (Phi) is 5.64. The Morgan fingerprint density at radius 2 is 1.59 bits per heavy atom. The Balaban J connectivity index is 1.79. The molecule has 1 heterocycles. The van der Waals surface area contributed by atoms with E-state index >= 15 is 0 Å². The Bertz CT molecular complexity index is 887. The van der Waals surface area contributed by atoms with Crippen molar-refractivity contribution in [2.24, 2.45) is 5.41 Å². The van der Waals surface area contributed by atoms with E-state index in [0.29, 0.717) is 19.3 Å². The van der Waals surface area contributed by atoms with Crippen LogP contribution in [0.5, 0.6) is 0 Å². The highest BCUT2D eigenvalue weighted by Gasteiger charge is 2.43. The van der Waals surface area contributed by atoms with Crippen LogP contribution in [0.4, 0.5) is 0 Å². The van der Waals surface area contributed by atoms with Crippen molar-refractivity contribution in [1.82, 2.24) is 9.79 Å². The van der Waals surface area contributed by atoms with Crippen molar-refractivity contribution in [2.45, 2.75) is 19.3 Å². The standard InChI is InChI=1S/C20H24N2O4S/c1-27(25,26)22-13-11-20(12-14-22,19(23)21-24)15-16-7-9-18(10-8-16)17-5-3-2-4-6-17/h2-10,24H,11-15H2,1H3,(H,21,23). The molecule has 0 spiro atoms. The maximum absolute atomic E-state index is 12.4. The largest absolute Gasteiger partial charge is 0.289 e. The van der Waals surface area contributed by atoms with Gasteiger partial charge in [-0.1, -0.05) is 54.6 Å². The van der Waals surface area contributed by atoms with Gasteiger partial charge in [0.05, 0.1) is 11.7 Å². The molecule has 144 valence electrons. The van der Waals surface area contributed by atoms with Gasteiger partial charge in [-0.05, 0) is 36.0 Å². The number of hydrogen-bond donors (Lipinski definition) is 2. The van der Waals surface area contributed by atoms with Crippen molar-refractivity contribution in [2.75, 3.05) is 19.3 Å². The molecular weight excluding hydrogens is 364 g/mol. The molecule has 2 aromatic rings. The SMILES string of the molecule is CS(=O)(=O)N1CCC(Cc2ccc(-c3ccccc3)cc2)(C(=O)NO)CC1. The fourth-order valence-electron chi connectivity index (χ4n) is 3.68. The average molecular weight is 388 g/mol. The zero-order valence-electron chi connectivity index (χ0n) is 15.3. The molecule has 0 aliphatic carbocycles. The highest BCUT2D eigenvalue weighted by atomic mass is 32.2. The van der Waals surface area contributed by atoms with Gasteiger partial charge in [-0.15, -0.1) is 0 Å². The van der Waals surface area contributed by atoms with Crippen LogP contribution < -0.4 is 5.48 Å². The predicted octanol–water partition coefficient (Wildman–Crippen LogP) is 2.44. The lowest BCUT2D eigenvalue weighted by Gasteiger charge is -2.39. The first kappa shape index (κ1) is 19.5. The summed E-state index contributed by atoms with van der Waals surface area (Å²) >= 11 is 0. The second-order valence-electron chi connectivity index (χ2n) is 7.12. The molecule has 2 aromatic carbocycles. The van der Waals surface area contributed by atoms with E-state index in [2.05, 4.69) is 0 Å². The first-order valence-electron chi connectivity index (χ1n) is 8.88. The summed E-state index contributed by atoms with van der Waals surface area (Å²) in [6.45, 7) is 0.544. The maximum Gasteiger partial charge on any atom is 0.249 e. The number of carbonyl (C=O) groups is 1. The molecule has 0 atom stereocenters. The monoisotopic (exact) mass is 388 g/mol. The smallest absolute Gasteiger partial charge is 0.249 e. The molecule has 6 nitrogen and oxygen atoms in total. The molecule has 27 heavy (non-hydrogen) atoms. The van der Waals surface area contributed by atoms with E-state index in [1.54, 1.807) is 5.48 Å². The number of nitrogens with zero attached hydrogens (tertiary/aromatic N) is 1. The minimum atomic E-state index is -3.28. The summed E-state index contributed by atoms with van der Waals surface area (Å²) in [5.41, 5.74) is 4.15. The molecule has 1 aliphatic heterocycles. The van der Waals surface area contributed by atoms with Crippen molar-refractivity contribution in [3.8, 4) is 11.1 Å². The number of rotatable bonds is 5. The Labute approximate surface area is 159 Å². The van der Waals surface area contributed by atoms with Gasteiger partial charge in [-0.25, -0.2) is 18.2 Å². The van der Waals surface area contributed by atoms with Crippen LogP contribution in [0, 0.1) is 5.41 Å². The van der Waals surface area contributed by atoms with E-state index in [0.717, 1.165) is 16.7 Å². The summed E-state index contributed by atoms with van der Waals surface area (Å²) in [5.74, 6) is -0.456. The van der Waals surface area contributed by atoms with E-state index in [-0.39, 0.29) is 13.1 Å². The number of piperidine rings is 1. The Morgan fingerprint density at radius 1 is 1.04 bits per heavy atom. The molecule has 0 saturated carbocycles. The quantitative estimate of drug-likeness (QED) is 0.608. The van der Waals surface area contributed by atoms with Gasteiger partial charge in [0, 0.05) is 13.1 Å². The number of amides is 1. The van der Waals surface area contributed by atoms with Crippen LogP contribution >= 0.6 is 0 Å². The predicted molar refractivity (Wildman–Crippen MR) is 104 cm³/mol. The Hall–Kier alpha value is -2.22. The number of carbonyl (C=O) groups excluding carboxylic acids is 1. The number of nitrogens with one attached hydrogen (secondary N) is 1. The van der Waals surface area contributed by atoms with Crippen LogP contribution in [-0.2, 0) is 21.2 Å². The molecule has 0 aromatic heterocycles. The van der Waals surface area contributed by atoms with Crippen LogP contribution in [0.1, 0.15) is 18.4 Å². The topological polar surface area (TPSA) is 86.7 Å². The lowest BCUT2D eigenvalue weighted by atomic mass is 9.73. The summed E-state index contributed by atoms with van der Waals surface area (Å²) in [6, 6.07) is 18.0. The number of hydrogen-bond acceptors (Lipinski definition) is 4. The summed E-state index contributed by atoms with van der Waals surface area (Å²) in [7, 11) is -3.28. The average Bonchev–Trinajstić information content (AvgIpc) is 2.68. The fourth-order valence-corrected chi connectivity index (χ4v) is 4.53. The van der Waals surface area contributed by atoms with Gasteiger partial charge in [0.1, 0.15) is 0 Å². The number of sulfonamides is 1. The summed E-state index contributed by atoms with van der Waals surface area (Å²) in [5, 5.41) is 9.22. The van der Waals surface area contributed by atoms with E-state index in [4.69, 9.17) is 0 Å². The first-order valence-corrected chi connectivity index (χ1v) is 10.7. The number of benzene rings is 2. The zero-order chi connectivity index (χ0) is 19.5. The van der Waals surface area contributed by atoms with Gasteiger partial charge in [-0.2, -0.15) is 0 Å². The first-order chi connectivity index (χ1) is 12.8. The highest BCUT2D eigenvalue weighted by molar-refractivity contribution is 7.88. The van der Waals surface area contributed by atoms with Crippen LogP contribution in [0.25, 0.3) is 11.1 Å². The van der Waals surface area contributed by atoms with Crippen LogP contribution in [-0.4, -0.2) is 43.2 Å². The summed E-state index contributed by atoms with van der Waals surface area (Å²) < 4.78 is 24.9. The van der Waals surface area contributed by atoms with Gasteiger partial charge >= 0.3 is 0 Å².